The Balaban J connectivity index is 1.44. The van der Waals surface area contributed by atoms with Crippen LogP contribution >= 0.6 is 0 Å². The highest BCUT2D eigenvalue weighted by Crippen LogP contribution is 2.17. The van der Waals surface area contributed by atoms with Crippen LogP contribution in [0.1, 0.15) is 10.4 Å². The summed E-state index contributed by atoms with van der Waals surface area (Å²) in [5, 5.41) is 0. The lowest BCUT2D eigenvalue weighted by Gasteiger charge is -2.33. The first-order valence-electron chi connectivity index (χ1n) is 8.67. The van der Waals surface area contributed by atoms with Crippen molar-refractivity contribution in [2.75, 3.05) is 39.3 Å². The second-order valence-corrected chi connectivity index (χ2v) is 8.14. The van der Waals surface area contributed by atoms with Crippen molar-refractivity contribution < 1.29 is 22.3 Å². The number of benzene rings is 2. The number of ether oxygens (including phenoxy) is 1. The summed E-state index contributed by atoms with van der Waals surface area (Å²) in [6, 6.07) is 13.6. The molecule has 2 aromatic rings. The molecule has 0 bridgehead atoms. The van der Waals surface area contributed by atoms with E-state index in [0.717, 1.165) is 0 Å². The van der Waals surface area contributed by atoms with E-state index in [1.807, 2.05) is 0 Å². The van der Waals surface area contributed by atoms with E-state index < -0.39 is 21.8 Å². The summed E-state index contributed by atoms with van der Waals surface area (Å²) in [7, 11) is -3.47. The Morgan fingerprint density at radius 1 is 0.963 bits per heavy atom. The molecule has 1 fully saturated rings. The molecule has 0 radical (unpaired) electrons. The average Bonchev–Trinajstić information content (AvgIpc) is 2.69. The average molecular weight is 392 g/mol. The smallest absolute Gasteiger partial charge is 0.338 e. The van der Waals surface area contributed by atoms with Crippen molar-refractivity contribution in [2.45, 2.75) is 4.90 Å². The molecule has 0 amide bonds. The number of halogens is 1. The maximum Gasteiger partial charge on any atom is 0.338 e. The molecule has 0 atom stereocenters. The predicted molar refractivity (Wildman–Crippen MR) is 98.3 cm³/mol. The quantitative estimate of drug-likeness (QED) is 0.704. The van der Waals surface area contributed by atoms with Gasteiger partial charge in [0.2, 0.25) is 10.0 Å². The molecule has 1 aliphatic heterocycles. The van der Waals surface area contributed by atoms with Crippen LogP contribution in [0.3, 0.4) is 0 Å². The molecule has 3 rings (SSSR count). The third-order valence-electron chi connectivity index (χ3n) is 4.43. The van der Waals surface area contributed by atoms with Gasteiger partial charge in [-0.25, -0.2) is 17.6 Å². The molecule has 8 heteroatoms. The minimum absolute atomic E-state index is 0.196. The molecule has 0 aliphatic carbocycles. The SMILES string of the molecule is O=C(OCCN1CCN(S(=O)(=O)c2ccccc2)CC1)c1ccc(F)cc1. The van der Waals surface area contributed by atoms with Crippen LogP contribution in [0, 0.1) is 5.82 Å². The van der Waals surface area contributed by atoms with Gasteiger partial charge in [0.25, 0.3) is 0 Å². The number of rotatable bonds is 6. The van der Waals surface area contributed by atoms with Gasteiger partial charge < -0.3 is 4.74 Å². The van der Waals surface area contributed by atoms with Crippen LogP contribution in [0.25, 0.3) is 0 Å². The summed E-state index contributed by atoms with van der Waals surface area (Å²) >= 11 is 0. The molecule has 1 saturated heterocycles. The lowest BCUT2D eigenvalue weighted by Crippen LogP contribution is -2.49. The van der Waals surface area contributed by atoms with Gasteiger partial charge in [-0.2, -0.15) is 4.31 Å². The fourth-order valence-corrected chi connectivity index (χ4v) is 4.31. The first-order valence-corrected chi connectivity index (χ1v) is 10.1. The maximum absolute atomic E-state index is 12.9. The number of esters is 1. The number of nitrogens with zero attached hydrogens (tertiary/aromatic N) is 2. The maximum atomic E-state index is 12.9. The first kappa shape index (κ1) is 19.5. The standard InChI is InChI=1S/C19H21FN2O4S/c20-17-8-6-16(7-9-17)19(23)26-15-14-21-10-12-22(13-11-21)27(24,25)18-4-2-1-3-5-18/h1-9H,10-15H2. The number of sulfonamides is 1. The molecular formula is C19H21FN2O4S. The normalized spacial score (nSPS) is 16.2. The number of hydrogen-bond acceptors (Lipinski definition) is 5. The highest BCUT2D eigenvalue weighted by atomic mass is 32.2. The summed E-state index contributed by atoms with van der Waals surface area (Å²) in [5.74, 6) is -0.907. The van der Waals surface area contributed by atoms with Gasteiger partial charge in [0.15, 0.2) is 0 Å². The molecule has 0 aromatic heterocycles. The minimum atomic E-state index is -3.47. The van der Waals surface area contributed by atoms with Gasteiger partial charge in [-0.1, -0.05) is 18.2 Å². The Labute approximate surface area is 158 Å². The van der Waals surface area contributed by atoms with E-state index in [1.165, 1.54) is 28.6 Å². The molecule has 6 nitrogen and oxygen atoms in total. The highest BCUT2D eigenvalue weighted by Gasteiger charge is 2.28. The molecule has 144 valence electrons. The van der Waals surface area contributed by atoms with Crippen LogP contribution in [-0.4, -0.2) is 62.9 Å². The molecule has 1 aliphatic rings. The monoisotopic (exact) mass is 392 g/mol. The predicted octanol–water partition coefficient (Wildman–Crippen LogP) is 1.99. The van der Waals surface area contributed by atoms with E-state index >= 15 is 0 Å². The second kappa shape index (κ2) is 8.60. The topological polar surface area (TPSA) is 66.9 Å². The van der Waals surface area contributed by atoms with Crippen molar-refractivity contribution in [3.63, 3.8) is 0 Å². The number of carbonyl (C=O) groups is 1. The van der Waals surface area contributed by atoms with Gasteiger partial charge in [-0.3, -0.25) is 4.90 Å². The van der Waals surface area contributed by atoms with Crippen LogP contribution in [0.2, 0.25) is 0 Å². The largest absolute Gasteiger partial charge is 0.461 e. The number of hydrogen-bond donors (Lipinski definition) is 0. The van der Waals surface area contributed by atoms with E-state index in [4.69, 9.17) is 4.74 Å². The fourth-order valence-electron chi connectivity index (χ4n) is 2.87. The molecule has 0 spiro atoms. The van der Waals surface area contributed by atoms with Crippen LogP contribution in [0.4, 0.5) is 4.39 Å². The molecule has 0 saturated carbocycles. The van der Waals surface area contributed by atoms with E-state index in [1.54, 1.807) is 30.3 Å². The molecule has 1 heterocycles. The zero-order valence-electron chi connectivity index (χ0n) is 14.8. The van der Waals surface area contributed by atoms with Gasteiger partial charge in [0, 0.05) is 32.7 Å². The van der Waals surface area contributed by atoms with Crippen LogP contribution < -0.4 is 0 Å². The molecular weight excluding hydrogens is 371 g/mol. The van der Waals surface area contributed by atoms with Crippen molar-refractivity contribution in [1.29, 1.82) is 0 Å². The first-order chi connectivity index (χ1) is 13.0. The van der Waals surface area contributed by atoms with Gasteiger partial charge in [0.1, 0.15) is 12.4 Å². The lowest BCUT2D eigenvalue weighted by atomic mass is 10.2. The Morgan fingerprint density at radius 2 is 1.59 bits per heavy atom. The lowest BCUT2D eigenvalue weighted by molar-refractivity contribution is 0.0445. The van der Waals surface area contributed by atoms with E-state index in [9.17, 15) is 17.6 Å². The van der Waals surface area contributed by atoms with Crippen molar-refractivity contribution in [1.82, 2.24) is 9.21 Å². The summed E-state index contributed by atoms with van der Waals surface area (Å²) in [5.41, 5.74) is 0.301. The summed E-state index contributed by atoms with van der Waals surface area (Å²) in [6.07, 6.45) is 0. The van der Waals surface area contributed by atoms with Gasteiger partial charge >= 0.3 is 5.97 Å². The zero-order chi connectivity index (χ0) is 19.3. The third kappa shape index (κ3) is 4.91. The van der Waals surface area contributed by atoms with Crippen molar-refractivity contribution in [2.24, 2.45) is 0 Å². The van der Waals surface area contributed by atoms with Gasteiger partial charge in [0.05, 0.1) is 10.5 Å². The Kier molecular flexibility index (Phi) is 6.20. The summed E-state index contributed by atoms with van der Waals surface area (Å²) in [6.45, 7) is 2.64. The summed E-state index contributed by atoms with van der Waals surface area (Å²) < 4.78 is 44.7. The fraction of sp³-hybridized carbons (Fsp3) is 0.316. The number of carbonyl (C=O) groups excluding carboxylic acids is 1. The molecule has 0 unspecified atom stereocenters. The third-order valence-corrected chi connectivity index (χ3v) is 6.35. The van der Waals surface area contributed by atoms with Crippen molar-refractivity contribution in [3.05, 3.63) is 66.0 Å². The number of piperazine rings is 1. The van der Waals surface area contributed by atoms with E-state index in [2.05, 4.69) is 4.90 Å². The molecule has 2 aromatic carbocycles. The Morgan fingerprint density at radius 3 is 2.22 bits per heavy atom. The zero-order valence-corrected chi connectivity index (χ0v) is 15.6. The van der Waals surface area contributed by atoms with Crippen molar-refractivity contribution >= 4 is 16.0 Å². The van der Waals surface area contributed by atoms with Crippen LogP contribution in [0.5, 0.6) is 0 Å². The van der Waals surface area contributed by atoms with E-state index in [0.29, 0.717) is 43.2 Å². The van der Waals surface area contributed by atoms with Gasteiger partial charge in [-0.05, 0) is 36.4 Å². The van der Waals surface area contributed by atoms with Crippen molar-refractivity contribution in [3.8, 4) is 0 Å². The Hall–Kier alpha value is -2.29. The Bertz CT molecular complexity index is 864. The molecule has 27 heavy (non-hydrogen) atoms. The highest BCUT2D eigenvalue weighted by molar-refractivity contribution is 7.89. The molecule has 0 N–H and O–H groups in total. The second-order valence-electron chi connectivity index (χ2n) is 6.20. The van der Waals surface area contributed by atoms with E-state index in [-0.39, 0.29) is 6.61 Å². The van der Waals surface area contributed by atoms with Gasteiger partial charge in [-0.15, -0.1) is 0 Å². The van der Waals surface area contributed by atoms with Crippen LogP contribution in [-0.2, 0) is 14.8 Å². The minimum Gasteiger partial charge on any atom is -0.461 e. The summed E-state index contributed by atoms with van der Waals surface area (Å²) in [4.78, 5) is 14.2. The van der Waals surface area contributed by atoms with Crippen LogP contribution in [0.15, 0.2) is 59.5 Å².